The van der Waals surface area contributed by atoms with Crippen LogP contribution in [-0.4, -0.2) is 56.0 Å². The molecule has 2 atom stereocenters. The van der Waals surface area contributed by atoms with Crippen molar-refractivity contribution in [3.63, 3.8) is 0 Å². The van der Waals surface area contributed by atoms with Crippen molar-refractivity contribution < 1.29 is 4.42 Å². The number of piperidine rings is 1. The predicted molar refractivity (Wildman–Crippen MR) is 107 cm³/mol. The van der Waals surface area contributed by atoms with Gasteiger partial charge in [0.1, 0.15) is 5.76 Å². The van der Waals surface area contributed by atoms with E-state index in [2.05, 4.69) is 43.1 Å². The first kappa shape index (κ1) is 20.3. The van der Waals surface area contributed by atoms with Crippen LogP contribution in [0.1, 0.15) is 38.5 Å². The van der Waals surface area contributed by atoms with Gasteiger partial charge in [0.15, 0.2) is 5.96 Å². The standard InChI is InChI=1S/C17H30N4O.HI/c1-5-18-17(21-10-6-8-14(2)13-21)19-12-15(20(3)4)16-9-7-11-22-16;/h7,9,11,14-15H,5-6,8,10,12-13H2,1-4H3,(H,18,19);1H. The number of nitrogens with zero attached hydrogens (tertiary/aromatic N) is 3. The molecule has 6 heteroatoms. The number of halogens is 1. The molecule has 132 valence electrons. The Hall–Kier alpha value is -0.760. The molecule has 1 saturated heterocycles. The number of guanidine groups is 1. The minimum absolute atomic E-state index is 0. The zero-order valence-corrected chi connectivity index (χ0v) is 17.1. The van der Waals surface area contributed by atoms with Gasteiger partial charge in [-0.25, -0.2) is 0 Å². The smallest absolute Gasteiger partial charge is 0.193 e. The van der Waals surface area contributed by atoms with E-state index in [9.17, 15) is 0 Å². The van der Waals surface area contributed by atoms with Crippen LogP contribution in [0.3, 0.4) is 0 Å². The van der Waals surface area contributed by atoms with E-state index in [4.69, 9.17) is 9.41 Å². The molecule has 2 rings (SSSR count). The molecule has 23 heavy (non-hydrogen) atoms. The van der Waals surface area contributed by atoms with E-state index in [0.717, 1.165) is 37.3 Å². The lowest BCUT2D eigenvalue weighted by molar-refractivity contribution is 0.254. The molecule has 0 aromatic carbocycles. The summed E-state index contributed by atoms with van der Waals surface area (Å²) in [4.78, 5) is 9.43. The zero-order valence-electron chi connectivity index (χ0n) is 14.8. The lowest BCUT2D eigenvalue weighted by Crippen LogP contribution is -2.46. The molecule has 0 aliphatic carbocycles. The van der Waals surface area contributed by atoms with Gasteiger partial charge in [-0.05, 0) is 51.9 Å². The van der Waals surface area contributed by atoms with Crippen molar-refractivity contribution in [3.05, 3.63) is 24.2 Å². The number of rotatable bonds is 5. The Labute approximate surface area is 157 Å². The quantitative estimate of drug-likeness (QED) is 0.439. The summed E-state index contributed by atoms with van der Waals surface area (Å²) in [5, 5.41) is 3.44. The topological polar surface area (TPSA) is 44.0 Å². The van der Waals surface area contributed by atoms with Crippen LogP contribution >= 0.6 is 24.0 Å². The lowest BCUT2D eigenvalue weighted by Gasteiger charge is -2.34. The van der Waals surface area contributed by atoms with Crippen molar-refractivity contribution in [1.29, 1.82) is 0 Å². The van der Waals surface area contributed by atoms with Crippen LogP contribution in [0.2, 0.25) is 0 Å². The fourth-order valence-electron chi connectivity index (χ4n) is 2.97. The van der Waals surface area contributed by atoms with E-state index < -0.39 is 0 Å². The first-order valence-corrected chi connectivity index (χ1v) is 8.35. The molecule has 0 spiro atoms. The lowest BCUT2D eigenvalue weighted by atomic mass is 10.0. The molecule has 1 aromatic heterocycles. The first-order valence-electron chi connectivity index (χ1n) is 8.35. The maximum atomic E-state index is 5.57. The summed E-state index contributed by atoms with van der Waals surface area (Å²) in [6, 6.07) is 4.13. The van der Waals surface area contributed by atoms with Crippen LogP contribution in [0.25, 0.3) is 0 Å². The van der Waals surface area contributed by atoms with Crippen LogP contribution in [0.5, 0.6) is 0 Å². The Morgan fingerprint density at radius 1 is 1.52 bits per heavy atom. The molecule has 2 heterocycles. The van der Waals surface area contributed by atoms with Crippen LogP contribution in [0.4, 0.5) is 0 Å². The number of nitrogens with one attached hydrogen (secondary N) is 1. The summed E-state index contributed by atoms with van der Waals surface area (Å²) in [5.41, 5.74) is 0. The van der Waals surface area contributed by atoms with Gasteiger partial charge in [0.05, 0.1) is 18.8 Å². The van der Waals surface area contributed by atoms with Gasteiger partial charge in [0.2, 0.25) is 0 Å². The molecule has 1 N–H and O–H groups in total. The summed E-state index contributed by atoms with van der Waals surface area (Å²) in [6.07, 6.45) is 4.30. The largest absolute Gasteiger partial charge is 0.468 e. The number of likely N-dealkylation sites (tertiary alicyclic amines) is 1. The Morgan fingerprint density at radius 2 is 2.30 bits per heavy atom. The molecular weight excluding hydrogens is 403 g/mol. The molecule has 0 radical (unpaired) electrons. The molecule has 1 aromatic rings. The fourth-order valence-corrected chi connectivity index (χ4v) is 2.97. The summed E-state index contributed by atoms with van der Waals surface area (Å²) < 4.78 is 5.57. The van der Waals surface area contributed by atoms with Crippen molar-refractivity contribution in [2.24, 2.45) is 10.9 Å². The second kappa shape index (κ2) is 10.2. The van der Waals surface area contributed by atoms with Gasteiger partial charge in [-0.1, -0.05) is 6.92 Å². The minimum atomic E-state index is 0. The third kappa shape index (κ3) is 5.99. The van der Waals surface area contributed by atoms with Gasteiger partial charge >= 0.3 is 0 Å². The van der Waals surface area contributed by atoms with Crippen molar-refractivity contribution in [1.82, 2.24) is 15.1 Å². The third-order valence-electron chi connectivity index (χ3n) is 4.20. The second-order valence-corrected chi connectivity index (χ2v) is 6.38. The highest BCUT2D eigenvalue weighted by atomic mass is 127. The maximum Gasteiger partial charge on any atom is 0.193 e. The van der Waals surface area contributed by atoms with E-state index in [-0.39, 0.29) is 30.0 Å². The minimum Gasteiger partial charge on any atom is -0.468 e. The first-order chi connectivity index (χ1) is 10.6. The molecule has 2 unspecified atom stereocenters. The third-order valence-corrected chi connectivity index (χ3v) is 4.20. The molecule has 0 bridgehead atoms. The fraction of sp³-hybridized carbons (Fsp3) is 0.706. The Morgan fingerprint density at radius 3 is 2.87 bits per heavy atom. The van der Waals surface area contributed by atoms with Crippen molar-refractivity contribution >= 4 is 29.9 Å². The van der Waals surface area contributed by atoms with Crippen molar-refractivity contribution in [2.45, 2.75) is 32.7 Å². The Bertz CT molecular complexity index is 461. The highest BCUT2D eigenvalue weighted by molar-refractivity contribution is 14.0. The van der Waals surface area contributed by atoms with Gasteiger partial charge < -0.3 is 14.6 Å². The number of hydrogen-bond donors (Lipinski definition) is 1. The average Bonchev–Trinajstić information content (AvgIpc) is 3.00. The van der Waals surface area contributed by atoms with E-state index in [1.54, 1.807) is 6.26 Å². The van der Waals surface area contributed by atoms with Crippen LogP contribution < -0.4 is 5.32 Å². The highest BCUT2D eigenvalue weighted by Gasteiger charge is 2.21. The normalized spacial score (nSPS) is 20.3. The van der Waals surface area contributed by atoms with Crippen molar-refractivity contribution in [2.75, 3.05) is 40.3 Å². The SMILES string of the molecule is CCNC(=NCC(c1ccco1)N(C)C)N1CCCC(C)C1.I. The number of furan rings is 1. The second-order valence-electron chi connectivity index (χ2n) is 6.38. The zero-order chi connectivity index (χ0) is 15.9. The molecule has 1 aliphatic rings. The highest BCUT2D eigenvalue weighted by Crippen LogP contribution is 2.20. The Kier molecular flexibility index (Phi) is 8.98. The molecule has 1 aliphatic heterocycles. The van der Waals surface area contributed by atoms with E-state index in [1.165, 1.54) is 12.8 Å². The number of aliphatic imine (C=N–C) groups is 1. The predicted octanol–water partition coefficient (Wildman–Crippen LogP) is 3.20. The number of hydrogen-bond acceptors (Lipinski definition) is 3. The van der Waals surface area contributed by atoms with Crippen LogP contribution in [0.15, 0.2) is 27.8 Å². The molecule has 5 nitrogen and oxygen atoms in total. The van der Waals surface area contributed by atoms with Gasteiger partial charge in [-0.3, -0.25) is 9.89 Å². The van der Waals surface area contributed by atoms with Crippen molar-refractivity contribution in [3.8, 4) is 0 Å². The molecule has 0 saturated carbocycles. The summed E-state index contributed by atoms with van der Waals surface area (Å²) in [7, 11) is 4.14. The average molecular weight is 434 g/mol. The Balaban J connectivity index is 0.00000264. The maximum absolute atomic E-state index is 5.57. The number of likely N-dealkylation sites (N-methyl/N-ethyl adjacent to an activating group) is 1. The molecule has 1 fully saturated rings. The van der Waals surface area contributed by atoms with Gasteiger partial charge in [-0.2, -0.15) is 0 Å². The van der Waals surface area contributed by atoms with Gasteiger partial charge in [0.25, 0.3) is 0 Å². The van der Waals surface area contributed by atoms with Crippen LogP contribution in [-0.2, 0) is 0 Å². The summed E-state index contributed by atoms with van der Waals surface area (Å²) in [6.45, 7) is 8.24. The summed E-state index contributed by atoms with van der Waals surface area (Å²) in [5.74, 6) is 2.75. The van der Waals surface area contributed by atoms with E-state index in [0.29, 0.717) is 6.54 Å². The van der Waals surface area contributed by atoms with Gasteiger partial charge in [-0.15, -0.1) is 24.0 Å². The van der Waals surface area contributed by atoms with E-state index in [1.807, 2.05) is 12.1 Å². The monoisotopic (exact) mass is 434 g/mol. The van der Waals surface area contributed by atoms with Gasteiger partial charge in [0, 0.05) is 19.6 Å². The molecule has 0 amide bonds. The molecular formula is C17H31IN4O. The summed E-state index contributed by atoms with van der Waals surface area (Å²) >= 11 is 0. The van der Waals surface area contributed by atoms with E-state index >= 15 is 0 Å². The van der Waals surface area contributed by atoms with Crippen LogP contribution in [0, 0.1) is 5.92 Å².